The minimum Gasteiger partial charge on any atom is -0.390 e. The molecular formula is C15H23ClN6O. The van der Waals surface area contributed by atoms with Gasteiger partial charge in [0.15, 0.2) is 0 Å². The predicted octanol–water partition coefficient (Wildman–Crippen LogP) is 1.38. The SMILES string of the molecule is Cc1nn(C)c(Cl)c1CN1CCCC(Cn2cc(CO)nn2)C1. The second-order valence-corrected chi connectivity index (χ2v) is 6.67. The Morgan fingerprint density at radius 1 is 1.43 bits per heavy atom. The molecule has 0 aliphatic carbocycles. The van der Waals surface area contributed by atoms with Crippen molar-refractivity contribution in [1.29, 1.82) is 0 Å². The van der Waals surface area contributed by atoms with Crippen LogP contribution in [0.25, 0.3) is 0 Å². The maximum Gasteiger partial charge on any atom is 0.131 e. The van der Waals surface area contributed by atoms with Gasteiger partial charge in [0.1, 0.15) is 10.8 Å². The maximum atomic E-state index is 9.07. The first-order valence-corrected chi connectivity index (χ1v) is 8.34. The zero-order valence-electron chi connectivity index (χ0n) is 13.6. The second kappa shape index (κ2) is 6.98. The first kappa shape index (κ1) is 16.4. The van der Waals surface area contributed by atoms with E-state index in [1.165, 1.54) is 12.8 Å². The van der Waals surface area contributed by atoms with Gasteiger partial charge in [-0.15, -0.1) is 5.10 Å². The van der Waals surface area contributed by atoms with Crippen molar-refractivity contribution in [3.63, 3.8) is 0 Å². The highest BCUT2D eigenvalue weighted by Gasteiger charge is 2.23. The van der Waals surface area contributed by atoms with E-state index in [9.17, 15) is 0 Å². The highest BCUT2D eigenvalue weighted by atomic mass is 35.5. The number of aliphatic hydroxyl groups excluding tert-OH is 1. The zero-order chi connectivity index (χ0) is 16.4. The first-order chi connectivity index (χ1) is 11.1. The number of likely N-dealkylation sites (tertiary alicyclic amines) is 1. The van der Waals surface area contributed by atoms with Gasteiger partial charge in [-0.1, -0.05) is 16.8 Å². The number of piperidine rings is 1. The van der Waals surface area contributed by atoms with Crippen molar-refractivity contribution >= 4 is 11.6 Å². The lowest BCUT2D eigenvalue weighted by molar-refractivity contribution is 0.152. The molecule has 1 N–H and O–H groups in total. The van der Waals surface area contributed by atoms with Gasteiger partial charge >= 0.3 is 0 Å². The number of aryl methyl sites for hydroxylation is 2. The Balaban J connectivity index is 1.61. The summed E-state index contributed by atoms with van der Waals surface area (Å²) in [6, 6.07) is 0. The largest absolute Gasteiger partial charge is 0.390 e. The molecule has 1 fully saturated rings. The van der Waals surface area contributed by atoms with Gasteiger partial charge in [-0.3, -0.25) is 14.3 Å². The van der Waals surface area contributed by atoms with Gasteiger partial charge in [-0.25, -0.2) is 0 Å². The van der Waals surface area contributed by atoms with E-state index < -0.39 is 0 Å². The molecule has 0 aromatic carbocycles. The van der Waals surface area contributed by atoms with Crippen LogP contribution in [0.1, 0.15) is 29.8 Å². The zero-order valence-corrected chi connectivity index (χ0v) is 14.4. The van der Waals surface area contributed by atoms with E-state index in [0.717, 1.165) is 42.6 Å². The van der Waals surface area contributed by atoms with Crippen molar-refractivity contribution in [2.75, 3.05) is 13.1 Å². The number of nitrogens with zero attached hydrogens (tertiary/aromatic N) is 6. The molecule has 1 unspecified atom stereocenters. The fourth-order valence-corrected chi connectivity index (χ4v) is 3.52. The smallest absolute Gasteiger partial charge is 0.131 e. The molecule has 2 aromatic heterocycles. The Labute approximate surface area is 140 Å². The molecule has 1 atom stereocenters. The van der Waals surface area contributed by atoms with Gasteiger partial charge in [-0.05, 0) is 32.2 Å². The fourth-order valence-electron chi connectivity index (χ4n) is 3.29. The second-order valence-electron chi connectivity index (χ2n) is 6.31. The van der Waals surface area contributed by atoms with Crippen molar-refractivity contribution in [2.45, 2.75) is 39.5 Å². The van der Waals surface area contributed by atoms with E-state index in [1.807, 2.05) is 24.9 Å². The van der Waals surface area contributed by atoms with Gasteiger partial charge in [0, 0.05) is 32.2 Å². The number of halogens is 1. The summed E-state index contributed by atoms with van der Waals surface area (Å²) in [5.74, 6) is 0.535. The lowest BCUT2D eigenvalue weighted by Crippen LogP contribution is -2.36. The number of aliphatic hydroxyl groups is 1. The van der Waals surface area contributed by atoms with Crippen molar-refractivity contribution < 1.29 is 5.11 Å². The van der Waals surface area contributed by atoms with Crippen LogP contribution < -0.4 is 0 Å². The van der Waals surface area contributed by atoms with E-state index in [0.29, 0.717) is 11.6 Å². The highest BCUT2D eigenvalue weighted by molar-refractivity contribution is 6.30. The topological polar surface area (TPSA) is 72.0 Å². The predicted molar refractivity (Wildman–Crippen MR) is 86.9 cm³/mol. The summed E-state index contributed by atoms with van der Waals surface area (Å²) in [6.07, 6.45) is 4.18. The van der Waals surface area contributed by atoms with Crippen LogP contribution in [0.4, 0.5) is 0 Å². The summed E-state index contributed by atoms with van der Waals surface area (Å²) in [5.41, 5.74) is 2.75. The molecule has 2 aromatic rings. The quantitative estimate of drug-likeness (QED) is 0.891. The molecular weight excluding hydrogens is 316 g/mol. The average Bonchev–Trinajstić information content (AvgIpc) is 3.08. The Hall–Kier alpha value is -1.44. The van der Waals surface area contributed by atoms with Crippen LogP contribution in [0.2, 0.25) is 5.15 Å². The van der Waals surface area contributed by atoms with E-state index in [2.05, 4.69) is 20.3 Å². The normalized spacial score (nSPS) is 19.4. The third-order valence-corrected chi connectivity index (χ3v) is 4.92. The van der Waals surface area contributed by atoms with Gasteiger partial charge in [0.05, 0.1) is 18.5 Å². The minimum absolute atomic E-state index is 0.0599. The Morgan fingerprint density at radius 2 is 2.26 bits per heavy atom. The number of aromatic nitrogens is 5. The molecule has 0 radical (unpaired) electrons. The summed E-state index contributed by atoms with van der Waals surface area (Å²) >= 11 is 6.35. The molecule has 3 rings (SSSR count). The molecule has 126 valence electrons. The molecule has 0 bridgehead atoms. The molecule has 8 heteroatoms. The highest BCUT2D eigenvalue weighted by Crippen LogP contribution is 2.24. The monoisotopic (exact) mass is 338 g/mol. The lowest BCUT2D eigenvalue weighted by Gasteiger charge is -2.32. The van der Waals surface area contributed by atoms with E-state index in [1.54, 1.807) is 4.68 Å². The van der Waals surface area contributed by atoms with Crippen LogP contribution in [-0.2, 0) is 26.7 Å². The molecule has 1 aliphatic heterocycles. The van der Waals surface area contributed by atoms with Crippen LogP contribution in [0, 0.1) is 12.8 Å². The molecule has 0 saturated carbocycles. The lowest BCUT2D eigenvalue weighted by atomic mass is 9.97. The van der Waals surface area contributed by atoms with Crippen LogP contribution >= 0.6 is 11.6 Å². The first-order valence-electron chi connectivity index (χ1n) is 7.97. The fraction of sp³-hybridized carbons (Fsp3) is 0.667. The Bertz CT molecular complexity index is 667. The van der Waals surface area contributed by atoms with Crippen molar-refractivity contribution in [3.05, 3.63) is 28.3 Å². The Kier molecular flexibility index (Phi) is 4.99. The van der Waals surface area contributed by atoms with Gasteiger partial charge in [-0.2, -0.15) is 5.10 Å². The van der Waals surface area contributed by atoms with Gasteiger partial charge < -0.3 is 5.11 Å². The third-order valence-electron chi connectivity index (χ3n) is 4.45. The molecule has 0 spiro atoms. The number of hydrogen-bond donors (Lipinski definition) is 1. The summed E-state index contributed by atoms with van der Waals surface area (Å²) in [5, 5.41) is 22.2. The average molecular weight is 339 g/mol. The summed E-state index contributed by atoms with van der Waals surface area (Å²) in [4.78, 5) is 2.44. The number of rotatable bonds is 5. The molecule has 3 heterocycles. The third kappa shape index (κ3) is 3.73. The van der Waals surface area contributed by atoms with Crippen LogP contribution in [-0.4, -0.2) is 47.9 Å². The molecule has 1 saturated heterocycles. The van der Waals surface area contributed by atoms with Crippen molar-refractivity contribution in [3.8, 4) is 0 Å². The van der Waals surface area contributed by atoms with Crippen molar-refractivity contribution in [2.24, 2.45) is 13.0 Å². The molecule has 23 heavy (non-hydrogen) atoms. The molecule has 1 aliphatic rings. The Morgan fingerprint density at radius 3 is 2.91 bits per heavy atom. The van der Waals surface area contributed by atoms with Gasteiger partial charge in [0.25, 0.3) is 0 Å². The van der Waals surface area contributed by atoms with E-state index in [-0.39, 0.29) is 6.61 Å². The minimum atomic E-state index is -0.0599. The summed E-state index contributed by atoms with van der Waals surface area (Å²) in [6.45, 7) is 5.72. The van der Waals surface area contributed by atoms with Gasteiger partial charge in [0.2, 0.25) is 0 Å². The van der Waals surface area contributed by atoms with E-state index >= 15 is 0 Å². The van der Waals surface area contributed by atoms with Crippen LogP contribution in [0.3, 0.4) is 0 Å². The van der Waals surface area contributed by atoms with Crippen LogP contribution in [0.15, 0.2) is 6.20 Å². The summed E-state index contributed by atoms with van der Waals surface area (Å²) in [7, 11) is 1.88. The summed E-state index contributed by atoms with van der Waals surface area (Å²) < 4.78 is 3.57. The molecule has 7 nitrogen and oxygen atoms in total. The molecule has 0 amide bonds. The standard InChI is InChI=1S/C15H23ClN6O/c1-11-14(15(16)20(2)18-11)9-21-5-3-4-12(6-21)7-22-8-13(10-23)17-19-22/h8,12,23H,3-7,9-10H2,1-2H3. The number of hydrogen-bond acceptors (Lipinski definition) is 5. The maximum absolute atomic E-state index is 9.07. The van der Waals surface area contributed by atoms with E-state index in [4.69, 9.17) is 16.7 Å². The van der Waals surface area contributed by atoms with Crippen LogP contribution in [0.5, 0.6) is 0 Å². The van der Waals surface area contributed by atoms with Crippen molar-refractivity contribution in [1.82, 2.24) is 29.7 Å².